The van der Waals surface area contributed by atoms with Gasteiger partial charge in [-0.25, -0.2) is 4.79 Å². The Labute approximate surface area is 158 Å². The predicted molar refractivity (Wildman–Crippen MR) is 99.6 cm³/mol. The number of carbonyl (C=O) groups is 2. The highest BCUT2D eigenvalue weighted by Crippen LogP contribution is 2.17. The van der Waals surface area contributed by atoms with Crippen LogP contribution >= 0.6 is 0 Å². The number of esters is 1. The molecule has 1 saturated heterocycles. The van der Waals surface area contributed by atoms with Gasteiger partial charge in [0.05, 0.1) is 18.4 Å². The second-order valence-electron chi connectivity index (χ2n) is 6.80. The van der Waals surface area contributed by atoms with Crippen LogP contribution in [0, 0.1) is 13.8 Å². The van der Waals surface area contributed by atoms with Crippen LogP contribution in [0.1, 0.15) is 44.2 Å². The largest absolute Gasteiger partial charge is 0.465 e. The molecule has 2 heterocycles. The maximum Gasteiger partial charge on any atom is 0.337 e. The minimum atomic E-state index is -0.439. The van der Waals surface area contributed by atoms with Gasteiger partial charge in [-0.1, -0.05) is 11.2 Å². The molecule has 0 unspecified atom stereocenters. The molecule has 0 atom stereocenters. The quantitative estimate of drug-likeness (QED) is 0.769. The van der Waals surface area contributed by atoms with Gasteiger partial charge in [0.25, 0.3) is 5.91 Å². The van der Waals surface area contributed by atoms with Crippen LogP contribution in [0.25, 0.3) is 0 Å². The van der Waals surface area contributed by atoms with E-state index in [1.165, 1.54) is 7.11 Å². The van der Waals surface area contributed by atoms with Gasteiger partial charge in [0, 0.05) is 43.9 Å². The zero-order valence-electron chi connectivity index (χ0n) is 16.0. The standard InChI is InChI=1S/C20H25N3O4/c1-14-18(15(2)27-21-14)13-22-8-5-9-23(11-10-22)19(24)16-6-4-7-17(12-16)20(25)26-3/h4,6-7,12H,5,8-11,13H2,1-3H3. The molecule has 3 rings (SSSR count). The fraction of sp³-hybridized carbons (Fsp3) is 0.450. The normalized spacial score (nSPS) is 15.4. The second kappa shape index (κ2) is 8.35. The van der Waals surface area contributed by atoms with Crippen molar-refractivity contribution in [1.82, 2.24) is 15.0 Å². The number of aromatic nitrogens is 1. The summed E-state index contributed by atoms with van der Waals surface area (Å²) < 4.78 is 9.98. The smallest absolute Gasteiger partial charge is 0.337 e. The summed E-state index contributed by atoms with van der Waals surface area (Å²) >= 11 is 0. The van der Waals surface area contributed by atoms with E-state index in [-0.39, 0.29) is 5.91 Å². The summed E-state index contributed by atoms with van der Waals surface area (Å²) in [5.74, 6) is 0.357. The molecule has 1 aliphatic rings. The van der Waals surface area contributed by atoms with E-state index in [4.69, 9.17) is 9.26 Å². The molecule has 2 aromatic rings. The first-order valence-corrected chi connectivity index (χ1v) is 9.11. The number of benzene rings is 1. The average Bonchev–Trinajstić information content (AvgIpc) is 2.89. The van der Waals surface area contributed by atoms with Crippen LogP contribution in [0.15, 0.2) is 28.8 Å². The third-order valence-electron chi connectivity index (χ3n) is 4.97. The molecule has 27 heavy (non-hydrogen) atoms. The van der Waals surface area contributed by atoms with Crippen molar-refractivity contribution >= 4 is 11.9 Å². The lowest BCUT2D eigenvalue weighted by Crippen LogP contribution is -2.35. The van der Waals surface area contributed by atoms with Crippen molar-refractivity contribution < 1.29 is 18.8 Å². The van der Waals surface area contributed by atoms with Gasteiger partial charge in [0.1, 0.15) is 5.76 Å². The van der Waals surface area contributed by atoms with Crippen LogP contribution in [0.2, 0.25) is 0 Å². The Bertz CT molecular complexity index is 811. The maximum absolute atomic E-state index is 12.9. The van der Waals surface area contributed by atoms with Gasteiger partial charge in [0.15, 0.2) is 0 Å². The van der Waals surface area contributed by atoms with Crippen LogP contribution < -0.4 is 0 Å². The summed E-state index contributed by atoms with van der Waals surface area (Å²) in [6.07, 6.45) is 0.895. The number of aryl methyl sites for hydroxylation is 2. The molecule has 144 valence electrons. The van der Waals surface area contributed by atoms with E-state index in [1.54, 1.807) is 24.3 Å². The third-order valence-corrected chi connectivity index (χ3v) is 4.97. The molecule has 0 bridgehead atoms. The van der Waals surface area contributed by atoms with E-state index >= 15 is 0 Å². The molecule has 1 aromatic carbocycles. The summed E-state index contributed by atoms with van der Waals surface area (Å²) in [6.45, 7) is 7.69. The summed E-state index contributed by atoms with van der Waals surface area (Å²) in [7, 11) is 1.33. The summed E-state index contributed by atoms with van der Waals surface area (Å²) in [5.41, 5.74) is 2.94. The van der Waals surface area contributed by atoms with Crippen molar-refractivity contribution in [1.29, 1.82) is 0 Å². The molecular formula is C20H25N3O4. The molecule has 0 spiro atoms. The van der Waals surface area contributed by atoms with Crippen molar-refractivity contribution in [3.63, 3.8) is 0 Å². The highest BCUT2D eigenvalue weighted by Gasteiger charge is 2.22. The molecule has 0 aliphatic carbocycles. The molecule has 0 N–H and O–H groups in total. The van der Waals surface area contributed by atoms with E-state index in [1.807, 2.05) is 18.7 Å². The maximum atomic E-state index is 12.9. The lowest BCUT2D eigenvalue weighted by molar-refractivity contribution is 0.0600. The zero-order valence-corrected chi connectivity index (χ0v) is 16.0. The first-order valence-electron chi connectivity index (χ1n) is 9.11. The lowest BCUT2D eigenvalue weighted by Gasteiger charge is -2.22. The molecule has 1 amide bonds. The fourth-order valence-electron chi connectivity index (χ4n) is 3.36. The molecular weight excluding hydrogens is 346 g/mol. The van der Waals surface area contributed by atoms with Crippen LogP contribution in [-0.2, 0) is 11.3 Å². The minimum absolute atomic E-state index is 0.0556. The van der Waals surface area contributed by atoms with Crippen molar-refractivity contribution in [3.8, 4) is 0 Å². The Morgan fingerprint density at radius 2 is 1.93 bits per heavy atom. The number of amides is 1. The Kier molecular flexibility index (Phi) is 5.91. The van der Waals surface area contributed by atoms with Crippen LogP contribution in [-0.4, -0.2) is 60.1 Å². The van der Waals surface area contributed by atoms with Gasteiger partial charge >= 0.3 is 5.97 Å². The first-order chi connectivity index (χ1) is 13.0. The zero-order chi connectivity index (χ0) is 19.4. The van der Waals surface area contributed by atoms with E-state index < -0.39 is 5.97 Å². The van der Waals surface area contributed by atoms with Gasteiger partial charge in [-0.2, -0.15) is 0 Å². The highest BCUT2D eigenvalue weighted by atomic mass is 16.5. The van der Waals surface area contributed by atoms with Gasteiger partial charge in [-0.3, -0.25) is 9.69 Å². The topological polar surface area (TPSA) is 75.9 Å². The molecule has 1 aromatic heterocycles. The molecule has 0 saturated carbocycles. The molecule has 1 fully saturated rings. The number of hydrogen-bond donors (Lipinski definition) is 0. The second-order valence-corrected chi connectivity index (χ2v) is 6.80. The molecule has 7 nitrogen and oxygen atoms in total. The average molecular weight is 371 g/mol. The number of hydrogen-bond acceptors (Lipinski definition) is 6. The lowest BCUT2D eigenvalue weighted by atomic mass is 10.1. The van der Waals surface area contributed by atoms with Crippen molar-refractivity contribution in [2.45, 2.75) is 26.8 Å². The first kappa shape index (κ1) is 19.1. The number of rotatable bonds is 4. The Hall–Kier alpha value is -2.67. The molecule has 7 heteroatoms. The van der Waals surface area contributed by atoms with Gasteiger partial charge in [-0.15, -0.1) is 0 Å². The minimum Gasteiger partial charge on any atom is -0.465 e. The molecule has 0 radical (unpaired) electrons. The van der Waals surface area contributed by atoms with E-state index in [2.05, 4.69) is 10.1 Å². The van der Waals surface area contributed by atoms with E-state index in [9.17, 15) is 9.59 Å². The SMILES string of the molecule is COC(=O)c1cccc(C(=O)N2CCCN(Cc3c(C)noc3C)CC2)c1. The van der Waals surface area contributed by atoms with Gasteiger partial charge < -0.3 is 14.2 Å². The number of carbonyl (C=O) groups excluding carboxylic acids is 2. The van der Waals surface area contributed by atoms with Crippen LogP contribution in [0.3, 0.4) is 0 Å². The Balaban J connectivity index is 1.65. The highest BCUT2D eigenvalue weighted by molar-refractivity contribution is 5.97. The van der Waals surface area contributed by atoms with E-state index in [0.29, 0.717) is 24.2 Å². The van der Waals surface area contributed by atoms with Crippen LogP contribution in [0.4, 0.5) is 0 Å². The van der Waals surface area contributed by atoms with E-state index in [0.717, 1.165) is 43.1 Å². The Morgan fingerprint density at radius 3 is 2.63 bits per heavy atom. The third kappa shape index (κ3) is 4.36. The summed E-state index contributed by atoms with van der Waals surface area (Å²) in [5, 5.41) is 4.01. The van der Waals surface area contributed by atoms with Crippen molar-refractivity contribution in [2.24, 2.45) is 0 Å². The number of ether oxygens (including phenoxy) is 1. The van der Waals surface area contributed by atoms with Crippen molar-refractivity contribution in [3.05, 3.63) is 52.4 Å². The van der Waals surface area contributed by atoms with Gasteiger partial charge in [-0.05, 0) is 38.5 Å². The van der Waals surface area contributed by atoms with Crippen molar-refractivity contribution in [2.75, 3.05) is 33.3 Å². The Morgan fingerprint density at radius 1 is 1.15 bits per heavy atom. The predicted octanol–water partition coefficient (Wildman–Crippen LogP) is 2.43. The number of nitrogens with zero attached hydrogens (tertiary/aromatic N) is 3. The molecule has 1 aliphatic heterocycles. The monoisotopic (exact) mass is 371 g/mol. The van der Waals surface area contributed by atoms with Gasteiger partial charge in [0.2, 0.25) is 0 Å². The summed E-state index contributed by atoms with van der Waals surface area (Å²) in [6, 6.07) is 6.69. The fourth-order valence-corrected chi connectivity index (χ4v) is 3.36. The van der Waals surface area contributed by atoms with Crippen LogP contribution in [0.5, 0.6) is 0 Å². The number of methoxy groups -OCH3 is 1. The summed E-state index contributed by atoms with van der Waals surface area (Å²) in [4.78, 5) is 28.8.